The van der Waals surface area contributed by atoms with Gasteiger partial charge in [-0.05, 0) is 20.3 Å². The van der Waals surface area contributed by atoms with Crippen molar-refractivity contribution in [2.45, 2.75) is 32.7 Å². The fourth-order valence-corrected chi connectivity index (χ4v) is 1.16. The molecule has 0 amide bonds. The normalized spacial score (nSPS) is 13.7. The fourth-order valence-electron chi connectivity index (χ4n) is 1.16. The summed E-state index contributed by atoms with van der Waals surface area (Å²) in [6.07, 6.45) is 1.46. The van der Waals surface area contributed by atoms with Gasteiger partial charge in [0.1, 0.15) is 11.8 Å². The first-order valence-electron chi connectivity index (χ1n) is 5.57. The van der Waals surface area contributed by atoms with Crippen LogP contribution in [0.25, 0.3) is 0 Å². The van der Waals surface area contributed by atoms with Crippen LogP contribution in [0.2, 0.25) is 0 Å². The van der Waals surface area contributed by atoms with Gasteiger partial charge >= 0.3 is 11.9 Å². The Morgan fingerprint density at radius 2 is 2.22 bits per heavy atom. The van der Waals surface area contributed by atoms with Crippen LogP contribution in [0.4, 0.5) is 6.01 Å². The van der Waals surface area contributed by atoms with Crippen molar-refractivity contribution >= 4 is 18.0 Å². The van der Waals surface area contributed by atoms with Crippen LogP contribution in [0, 0.1) is 0 Å². The van der Waals surface area contributed by atoms with Gasteiger partial charge in [-0.25, -0.2) is 9.59 Å². The van der Waals surface area contributed by atoms with Crippen molar-refractivity contribution in [1.82, 2.24) is 4.98 Å². The third kappa shape index (κ3) is 2.99. The molecule has 7 nitrogen and oxygen atoms in total. The molecular formula is C11H16N2O5. The molecule has 1 aromatic heterocycles. The molecule has 18 heavy (non-hydrogen) atoms. The van der Waals surface area contributed by atoms with Gasteiger partial charge in [0.15, 0.2) is 5.69 Å². The average molecular weight is 256 g/mol. The van der Waals surface area contributed by atoms with Gasteiger partial charge in [0, 0.05) is 0 Å². The minimum absolute atomic E-state index is 0.00296. The Kier molecular flexibility index (Phi) is 4.30. The van der Waals surface area contributed by atoms with Gasteiger partial charge in [-0.3, -0.25) is 0 Å². The van der Waals surface area contributed by atoms with Crippen LogP contribution in [-0.4, -0.2) is 34.2 Å². The SMILES string of the molecule is CCOC(=O)c1coc(NC(C)(CC)C(=O)O)n1. The summed E-state index contributed by atoms with van der Waals surface area (Å²) in [7, 11) is 0. The van der Waals surface area contributed by atoms with E-state index >= 15 is 0 Å². The molecule has 0 radical (unpaired) electrons. The quantitative estimate of drug-likeness (QED) is 0.744. The highest BCUT2D eigenvalue weighted by Crippen LogP contribution is 2.18. The molecule has 1 atom stereocenters. The maximum atomic E-state index is 11.3. The number of carbonyl (C=O) groups is 2. The zero-order valence-corrected chi connectivity index (χ0v) is 10.5. The highest BCUT2D eigenvalue weighted by Gasteiger charge is 2.32. The summed E-state index contributed by atoms with van der Waals surface area (Å²) in [5, 5.41) is 11.7. The number of nitrogens with zero attached hydrogens (tertiary/aromatic N) is 1. The topological polar surface area (TPSA) is 102 Å². The number of esters is 1. The lowest BCUT2D eigenvalue weighted by Crippen LogP contribution is -2.42. The molecule has 100 valence electrons. The maximum Gasteiger partial charge on any atom is 0.360 e. The summed E-state index contributed by atoms with van der Waals surface area (Å²) >= 11 is 0. The molecule has 0 aliphatic rings. The smallest absolute Gasteiger partial charge is 0.360 e. The summed E-state index contributed by atoms with van der Waals surface area (Å²) in [5.74, 6) is -1.64. The zero-order chi connectivity index (χ0) is 13.8. The van der Waals surface area contributed by atoms with Gasteiger partial charge in [0.2, 0.25) is 0 Å². The van der Waals surface area contributed by atoms with E-state index < -0.39 is 17.5 Å². The number of carboxylic acid groups (broad SMARTS) is 1. The first kappa shape index (κ1) is 14.0. The van der Waals surface area contributed by atoms with Crippen LogP contribution >= 0.6 is 0 Å². The predicted molar refractivity (Wildman–Crippen MR) is 62.4 cm³/mol. The number of aliphatic carboxylic acids is 1. The minimum Gasteiger partial charge on any atom is -0.480 e. The predicted octanol–water partition coefficient (Wildman–Crippen LogP) is 1.52. The van der Waals surface area contributed by atoms with Gasteiger partial charge < -0.3 is 19.6 Å². The molecule has 1 aromatic rings. The Morgan fingerprint density at radius 3 is 2.72 bits per heavy atom. The number of ether oxygens (including phenoxy) is 1. The molecule has 0 aliphatic heterocycles. The van der Waals surface area contributed by atoms with Crippen LogP contribution in [0.5, 0.6) is 0 Å². The molecular weight excluding hydrogens is 240 g/mol. The Hall–Kier alpha value is -2.05. The lowest BCUT2D eigenvalue weighted by Gasteiger charge is -2.23. The molecule has 0 saturated heterocycles. The van der Waals surface area contributed by atoms with Crippen molar-refractivity contribution in [3.05, 3.63) is 12.0 Å². The van der Waals surface area contributed by atoms with E-state index in [0.717, 1.165) is 6.26 Å². The second-order valence-corrected chi connectivity index (χ2v) is 3.87. The summed E-state index contributed by atoms with van der Waals surface area (Å²) < 4.78 is 9.73. The van der Waals surface area contributed by atoms with E-state index in [4.69, 9.17) is 14.3 Å². The Bertz CT molecular complexity index is 442. The van der Waals surface area contributed by atoms with Crippen molar-refractivity contribution in [1.29, 1.82) is 0 Å². The van der Waals surface area contributed by atoms with E-state index in [1.807, 2.05) is 0 Å². The summed E-state index contributed by atoms with van der Waals surface area (Å²) in [4.78, 5) is 26.2. The van der Waals surface area contributed by atoms with Gasteiger partial charge in [-0.2, -0.15) is 4.98 Å². The molecule has 7 heteroatoms. The van der Waals surface area contributed by atoms with E-state index in [2.05, 4.69) is 10.3 Å². The van der Waals surface area contributed by atoms with Crippen molar-refractivity contribution in [3.63, 3.8) is 0 Å². The Labute approximate surface area is 104 Å². The zero-order valence-electron chi connectivity index (χ0n) is 10.5. The Balaban J connectivity index is 2.81. The van der Waals surface area contributed by atoms with Gasteiger partial charge in [0.25, 0.3) is 6.01 Å². The molecule has 0 bridgehead atoms. The largest absolute Gasteiger partial charge is 0.480 e. The molecule has 1 heterocycles. The van der Waals surface area contributed by atoms with Crippen LogP contribution in [-0.2, 0) is 9.53 Å². The third-order valence-corrected chi connectivity index (χ3v) is 2.55. The van der Waals surface area contributed by atoms with Crippen molar-refractivity contribution < 1.29 is 23.8 Å². The average Bonchev–Trinajstić information content (AvgIpc) is 2.77. The number of nitrogens with one attached hydrogen (secondary N) is 1. The second kappa shape index (κ2) is 5.52. The number of hydrogen-bond acceptors (Lipinski definition) is 6. The molecule has 1 unspecified atom stereocenters. The van der Waals surface area contributed by atoms with Crippen LogP contribution in [0.1, 0.15) is 37.7 Å². The van der Waals surface area contributed by atoms with Crippen molar-refractivity contribution in [2.24, 2.45) is 0 Å². The monoisotopic (exact) mass is 256 g/mol. The highest BCUT2D eigenvalue weighted by atomic mass is 16.5. The molecule has 0 fully saturated rings. The third-order valence-electron chi connectivity index (χ3n) is 2.55. The minimum atomic E-state index is -1.20. The number of hydrogen-bond donors (Lipinski definition) is 2. The highest BCUT2D eigenvalue weighted by molar-refractivity contribution is 5.87. The number of rotatable bonds is 6. The van der Waals surface area contributed by atoms with Crippen LogP contribution in [0.15, 0.2) is 10.7 Å². The van der Waals surface area contributed by atoms with Crippen LogP contribution < -0.4 is 5.32 Å². The summed E-state index contributed by atoms with van der Waals surface area (Å²) in [6.45, 7) is 5.13. The number of oxazole rings is 1. The number of anilines is 1. The standard InChI is InChI=1S/C11H16N2O5/c1-4-11(3,9(15)16)13-10-12-7(6-18-10)8(14)17-5-2/h6H,4-5H2,1-3H3,(H,12,13)(H,15,16). The molecule has 1 rings (SSSR count). The van der Waals surface area contributed by atoms with Crippen molar-refractivity contribution in [3.8, 4) is 0 Å². The fraction of sp³-hybridized carbons (Fsp3) is 0.545. The maximum absolute atomic E-state index is 11.3. The van der Waals surface area contributed by atoms with Gasteiger partial charge in [-0.15, -0.1) is 0 Å². The second-order valence-electron chi connectivity index (χ2n) is 3.87. The molecule has 0 spiro atoms. The van der Waals surface area contributed by atoms with E-state index in [-0.39, 0.29) is 18.3 Å². The summed E-state index contributed by atoms with van der Waals surface area (Å²) in [6, 6.07) is -0.0233. The van der Waals surface area contributed by atoms with Gasteiger partial charge in [-0.1, -0.05) is 6.92 Å². The lowest BCUT2D eigenvalue weighted by atomic mass is 10.00. The number of aromatic nitrogens is 1. The molecule has 2 N–H and O–H groups in total. The number of carbonyl (C=O) groups excluding carboxylic acids is 1. The van der Waals surface area contributed by atoms with E-state index in [0.29, 0.717) is 6.42 Å². The molecule has 0 saturated carbocycles. The first-order valence-corrected chi connectivity index (χ1v) is 5.57. The van der Waals surface area contributed by atoms with Gasteiger partial charge in [0.05, 0.1) is 6.61 Å². The lowest BCUT2D eigenvalue weighted by molar-refractivity contribution is -0.141. The Morgan fingerprint density at radius 1 is 1.56 bits per heavy atom. The van der Waals surface area contributed by atoms with E-state index in [1.54, 1.807) is 13.8 Å². The van der Waals surface area contributed by atoms with Crippen molar-refractivity contribution in [2.75, 3.05) is 11.9 Å². The van der Waals surface area contributed by atoms with E-state index in [1.165, 1.54) is 6.92 Å². The molecule has 0 aromatic carbocycles. The van der Waals surface area contributed by atoms with Crippen LogP contribution in [0.3, 0.4) is 0 Å². The number of carboxylic acids is 1. The molecule has 0 aliphatic carbocycles. The summed E-state index contributed by atoms with van der Waals surface area (Å²) in [5.41, 5.74) is -1.19. The van der Waals surface area contributed by atoms with E-state index in [9.17, 15) is 9.59 Å². The first-order chi connectivity index (χ1) is 8.42.